The number of hydrogen-bond acceptors (Lipinski definition) is 6. The maximum atomic E-state index is 13.8. The lowest BCUT2D eigenvalue weighted by molar-refractivity contribution is -0.131. The first-order valence-corrected chi connectivity index (χ1v) is 16.5. The van der Waals surface area contributed by atoms with Crippen molar-refractivity contribution in [2.24, 2.45) is 33.0 Å². The molecule has 0 aliphatic heterocycles. The van der Waals surface area contributed by atoms with E-state index < -0.39 is 10.8 Å². The fraction of sp³-hybridized carbons (Fsp3) is 0.757. The number of rotatable bonds is 2. The van der Waals surface area contributed by atoms with Crippen LogP contribution < -0.4 is 0 Å². The van der Waals surface area contributed by atoms with Gasteiger partial charge in [-0.2, -0.15) is 5.26 Å². The number of hydrogen-bond donors (Lipinski definition) is 0. The minimum atomic E-state index is -0.683. The first-order chi connectivity index (χ1) is 19.7. The fourth-order valence-electron chi connectivity index (χ4n) is 8.54. The predicted octanol–water partition coefficient (Wildman–Crippen LogP) is 9.22. The van der Waals surface area contributed by atoms with Crippen LogP contribution in [-0.4, -0.2) is 21.8 Å². The number of carbonyl (C=O) groups excluding carboxylic acids is 2. The number of fused-ring (bicyclic) bond motifs is 3. The second kappa shape index (κ2) is 11.1. The molecule has 1 aromatic rings. The van der Waals surface area contributed by atoms with Crippen molar-refractivity contribution in [2.75, 3.05) is 0 Å². The minimum Gasteiger partial charge on any atom is -0.424 e. The van der Waals surface area contributed by atoms with Crippen LogP contribution in [0.1, 0.15) is 152 Å². The van der Waals surface area contributed by atoms with Crippen LogP contribution in [0.15, 0.2) is 27.7 Å². The lowest BCUT2D eigenvalue weighted by Gasteiger charge is -2.61. The lowest BCUT2D eigenvalue weighted by atomic mass is 9.42. The number of nitrogens with zero attached hydrogens (tertiary/aromatic N) is 3. The highest BCUT2D eigenvalue weighted by Crippen LogP contribution is 2.67. The Balaban J connectivity index is 1.86. The van der Waals surface area contributed by atoms with Gasteiger partial charge < -0.3 is 4.42 Å². The van der Waals surface area contributed by atoms with Crippen molar-refractivity contribution >= 4 is 11.6 Å². The zero-order valence-electron chi connectivity index (χ0n) is 28.7. The van der Waals surface area contributed by atoms with Crippen molar-refractivity contribution in [1.82, 2.24) is 10.2 Å². The Bertz CT molecular complexity index is 1370. The number of carbonyl (C=O) groups is 2. The summed E-state index contributed by atoms with van der Waals surface area (Å²) in [5.41, 5.74) is -0.640. The van der Waals surface area contributed by atoms with Crippen LogP contribution >= 0.6 is 0 Å². The van der Waals surface area contributed by atoms with Gasteiger partial charge in [-0.05, 0) is 79.6 Å². The van der Waals surface area contributed by atoms with Crippen molar-refractivity contribution in [3.05, 3.63) is 35.1 Å². The molecule has 0 aromatic carbocycles. The first kappa shape index (κ1) is 33.3. The molecule has 4 atom stereocenters. The van der Waals surface area contributed by atoms with Gasteiger partial charge in [-0.3, -0.25) is 9.59 Å². The van der Waals surface area contributed by atoms with Gasteiger partial charge in [0.2, 0.25) is 11.8 Å². The highest BCUT2D eigenvalue weighted by molar-refractivity contribution is 6.04. The quantitative estimate of drug-likeness (QED) is 0.341. The van der Waals surface area contributed by atoms with Crippen molar-refractivity contribution in [3.8, 4) is 6.07 Å². The second-order valence-corrected chi connectivity index (χ2v) is 17.0. The Hall–Kier alpha value is -2.55. The van der Waals surface area contributed by atoms with Crippen LogP contribution in [0.5, 0.6) is 0 Å². The normalized spacial score (nSPS) is 35.9. The van der Waals surface area contributed by atoms with Crippen molar-refractivity contribution in [3.63, 3.8) is 0 Å². The van der Waals surface area contributed by atoms with E-state index in [2.05, 4.69) is 78.6 Å². The van der Waals surface area contributed by atoms with E-state index in [1.807, 2.05) is 26.0 Å². The summed E-state index contributed by atoms with van der Waals surface area (Å²) in [7, 11) is 0. The Morgan fingerprint density at radius 3 is 2.16 bits per heavy atom. The van der Waals surface area contributed by atoms with Crippen LogP contribution in [0.2, 0.25) is 0 Å². The van der Waals surface area contributed by atoms with Crippen LogP contribution in [0.3, 0.4) is 0 Å². The third-order valence-corrected chi connectivity index (χ3v) is 12.3. The third kappa shape index (κ3) is 5.83. The summed E-state index contributed by atoms with van der Waals surface area (Å²) in [6.07, 6.45) is 11.6. The number of Topliss-reactive ketones (excluding diaryl/α,β-unsaturated/α-hetero) is 1. The lowest BCUT2D eigenvalue weighted by Crippen LogP contribution is -2.55. The molecule has 0 spiro atoms. The summed E-state index contributed by atoms with van der Waals surface area (Å²) in [4.78, 5) is 27.2. The summed E-state index contributed by atoms with van der Waals surface area (Å²) in [6, 6.07) is 2.22. The molecule has 4 rings (SSSR count). The van der Waals surface area contributed by atoms with E-state index in [1.165, 1.54) is 0 Å². The summed E-state index contributed by atoms with van der Waals surface area (Å²) in [5.74, 6) is 1.69. The summed E-state index contributed by atoms with van der Waals surface area (Å²) in [6.45, 7) is 24.2. The molecular weight excluding hydrogens is 534 g/mol. The zero-order chi connectivity index (χ0) is 32.2. The topological polar surface area (TPSA) is 96.9 Å². The molecule has 1 aromatic heterocycles. The summed E-state index contributed by atoms with van der Waals surface area (Å²) < 4.78 is 6.33. The molecular formula is C37H55N3O3. The molecule has 3 aliphatic rings. The van der Waals surface area contributed by atoms with Gasteiger partial charge in [0.25, 0.3) is 0 Å². The van der Waals surface area contributed by atoms with Crippen molar-refractivity contribution < 1.29 is 14.0 Å². The van der Waals surface area contributed by atoms with Crippen LogP contribution in [0, 0.1) is 44.3 Å². The third-order valence-electron chi connectivity index (χ3n) is 12.3. The molecule has 3 aliphatic carbocycles. The van der Waals surface area contributed by atoms with E-state index >= 15 is 0 Å². The minimum absolute atomic E-state index is 0.0171. The maximum absolute atomic E-state index is 13.8. The number of ketones is 2. The molecule has 0 radical (unpaired) electrons. The highest BCUT2D eigenvalue weighted by Gasteiger charge is 2.61. The standard InChI is InChI=1S/C37H55N3O3/c1-24(2)30-39-40-31(43-30)35(9)19-17-32(3,4)15-12-13-26(41)21-28-36(10)22-25(23-38)29(42)34(7,8)27(36)14-16-37(28,11)33(5,6)18-20-35/h21-22,24,27H,12-20H2,1-11H3/b28-21-/t27-,35-,36-,37+/m0/s1. The van der Waals surface area contributed by atoms with E-state index in [0.717, 1.165) is 62.8 Å². The van der Waals surface area contributed by atoms with Crippen LogP contribution in [-0.2, 0) is 15.0 Å². The van der Waals surface area contributed by atoms with E-state index in [0.29, 0.717) is 12.3 Å². The second-order valence-electron chi connectivity index (χ2n) is 17.0. The number of nitriles is 1. The van der Waals surface area contributed by atoms with Gasteiger partial charge in [0.15, 0.2) is 11.6 Å². The molecule has 6 nitrogen and oxygen atoms in total. The molecule has 6 heteroatoms. The van der Waals surface area contributed by atoms with Gasteiger partial charge in [0.05, 0.1) is 5.57 Å². The summed E-state index contributed by atoms with van der Waals surface area (Å²) >= 11 is 0. The average molecular weight is 590 g/mol. The molecule has 0 bridgehead atoms. The molecule has 1 heterocycles. The maximum Gasteiger partial charge on any atom is 0.222 e. The monoisotopic (exact) mass is 589 g/mol. The SMILES string of the molecule is CC(C)c1nnc([C@@]2(C)CCC(C)(C)CCCC(=O)/C=C3/[C@@]4(C)C=C(C#N)C(=O)C(C)(C)[C@@H]4CC[C@@]3(C)C(C)(C)CC2)o1. The van der Waals surface area contributed by atoms with Crippen LogP contribution in [0.4, 0.5) is 0 Å². The number of aromatic nitrogens is 2. The van der Waals surface area contributed by atoms with Crippen molar-refractivity contribution in [1.29, 1.82) is 5.26 Å². The van der Waals surface area contributed by atoms with E-state index in [4.69, 9.17) is 4.42 Å². The fourth-order valence-corrected chi connectivity index (χ4v) is 8.54. The average Bonchev–Trinajstić information content (AvgIpc) is 3.42. The Kier molecular flexibility index (Phi) is 8.62. The molecule has 0 saturated heterocycles. The van der Waals surface area contributed by atoms with Gasteiger partial charge in [0.1, 0.15) is 6.07 Å². The highest BCUT2D eigenvalue weighted by atomic mass is 16.4. The van der Waals surface area contributed by atoms with Crippen molar-refractivity contribution in [2.45, 2.75) is 145 Å². The van der Waals surface area contributed by atoms with Gasteiger partial charge in [-0.25, -0.2) is 0 Å². The van der Waals surface area contributed by atoms with Gasteiger partial charge in [0, 0.05) is 28.6 Å². The van der Waals surface area contributed by atoms with E-state index in [9.17, 15) is 14.9 Å². The molecule has 43 heavy (non-hydrogen) atoms. The zero-order valence-corrected chi connectivity index (χ0v) is 28.7. The Morgan fingerprint density at radius 1 is 0.907 bits per heavy atom. The van der Waals surface area contributed by atoms with Gasteiger partial charge in [-0.1, -0.05) is 87.8 Å². The summed E-state index contributed by atoms with van der Waals surface area (Å²) in [5, 5.41) is 19.0. The molecule has 0 amide bonds. The molecule has 1 fully saturated rings. The molecule has 0 unspecified atom stereocenters. The van der Waals surface area contributed by atoms with Gasteiger partial charge >= 0.3 is 0 Å². The predicted molar refractivity (Wildman–Crippen MR) is 170 cm³/mol. The largest absolute Gasteiger partial charge is 0.424 e. The Morgan fingerprint density at radius 2 is 1.56 bits per heavy atom. The Labute approximate surface area is 260 Å². The molecule has 236 valence electrons. The van der Waals surface area contributed by atoms with E-state index in [-0.39, 0.29) is 50.6 Å². The van der Waals surface area contributed by atoms with Gasteiger partial charge in [-0.15, -0.1) is 10.2 Å². The van der Waals surface area contributed by atoms with E-state index in [1.54, 1.807) is 0 Å². The molecule has 1 saturated carbocycles. The first-order valence-electron chi connectivity index (χ1n) is 16.5. The smallest absolute Gasteiger partial charge is 0.222 e. The van der Waals surface area contributed by atoms with Crippen LogP contribution in [0.25, 0.3) is 0 Å². The molecule has 0 N–H and O–H groups in total. The number of allylic oxidation sites excluding steroid dienone is 4.